The molecule has 0 aliphatic rings. The van der Waals surface area contributed by atoms with E-state index in [2.05, 4.69) is 39.7 Å². The number of nitrogens with one attached hydrogen (secondary N) is 1. The third kappa shape index (κ3) is 5.38. The predicted octanol–water partition coefficient (Wildman–Crippen LogP) is 7.47. The molecule has 0 aliphatic carbocycles. The number of rotatable bonds is 4. The first-order valence-electron chi connectivity index (χ1n) is 9.21. The standard InChI is InChI=1S/C23H16Cl2N2OS3/c1-23(2,27-21(28)14-5-7-16(24)17(25)12-14)10-9-15-6-8-18(30-15)20-13-26-22(31-20)19-4-3-11-29-19/h3-8,11-13H,1-2H3,(H,27,28). The van der Waals surface area contributed by atoms with E-state index in [1.54, 1.807) is 52.2 Å². The predicted molar refractivity (Wildman–Crippen MR) is 134 cm³/mol. The molecule has 8 heteroatoms. The Morgan fingerprint density at radius 1 is 1.03 bits per heavy atom. The van der Waals surface area contributed by atoms with Crippen molar-refractivity contribution in [2.75, 3.05) is 0 Å². The van der Waals surface area contributed by atoms with Gasteiger partial charge in [-0.25, -0.2) is 4.98 Å². The Morgan fingerprint density at radius 3 is 2.61 bits per heavy atom. The smallest absolute Gasteiger partial charge is 0.252 e. The molecule has 0 atom stereocenters. The maximum absolute atomic E-state index is 12.5. The lowest BCUT2D eigenvalue weighted by Gasteiger charge is -2.20. The summed E-state index contributed by atoms with van der Waals surface area (Å²) in [5.74, 6) is 6.08. The molecule has 1 aromatic carbocycles. The van der Waals surface area contributed by atoms with Gasteiger partial charge in [-0.1, -0.05) is 41.1 Å². The minimum atomic E-state index is -0.718. The van der Waals surface area contributed by atoms with Crippen LogP contribution in [0.3, 0.4) is 0 Å². The fourth-order valence-electron chi connectivity index (χ4n) is 2.68. The quantitative estimate of drug-likeness (QED) is 0.294. The average Bonchev–Trinajstić information content (AvgIpc) is 3.48. The second-order valence-electron chi connectivity index (χ2n) is 7.13. The molecule has 1 amide bonds. The van der Waals surface area contributed by atoms with Crippen molar-refractivity contribution in [2.45, 2.75) is 19.4 Å². The van der Waals surface area contributed by atoms with Crippen LogP contribution < -0.4 is 5.32 Å². The van der Waals surface area contributed by atoms with Crippen LogP contribution >= 0.6 is 57.2 Å². The highest BCUT2D eigenvalue weighted by Crippen LogP contribution is 2.37. The van der Waals surface area contributed by atoms with Crippen LogP contribution in [0, 0.1) is 11.8 Å². The summed E-state index contributed by atoms with van der Waals surface area (Å²) in [7, 11) is 0. The van der Waals surface area contributed by atoms with E-state index in [0.29, 0.717) is 15.6 Å². The van der Waals surface area contributed by atoms with Gasteiger partial charge in [0.25, 0.3) is 5.91 Å². The van der Waals surface area contributed by atoms with Gasteiger partial charge in [-0.3, -0.25) is 4.79 Å². The number of nitrogens with zero attached hydrogens (tertiary/aromatic N) is 1. The van der Waals surface area contributed by atoms with E-state index in [4.69, 9.17) is 23.2 Å². The first kappa shape index (κ1) is 22.1. The average molecular weight is 504 g/mol. The first-order chi connectivity index (χ1) is 14.8. The molecule has 4 aromatic rings. The van der Waals surface area contributed by atoms with Crippen molar-refractivity contribution in [3.63, 3.8) is 0 Å². The molecule has 156 valence electrons. The van der Waals surface area contributed by atoms with Crippen molar-refractivity contribution in [1.82, 2.24) is 10.3 Å². The van der Waals surface area contributed by atoms with Gasteiger partial charge < -0.3 is 5.32 Å². The summed E-state index contributed by atoms with van der Waals surface area (Å²) in [5.41, 5.74) is -0.279. The van der Waals surface area contributed by atoms with Gasteiger partial charge in [-0.2, -0.15) is 0 Å². The summed E-state index contributed by atoms with van der Waals surface area (Å²) in [6.45, 7) is 3.72. The number of thiophene rings is 2. The van der Waals surface area contributed by atoms with E-state index in [0.717, 1.165) is 19.6 Å². The van der Waals surface area contributed by atoms with Crippen LogP contribution in [0.2, 0.25) is 10.0 Å². The van der Waals surface area contributed by atoms with E-state index < -0.39 is 5.54 Å². The number of thiazole rings is 1. The number of hydrogen-bond acceptors (Lipinski definition) is 5. The SMILES string of the molecule is CC(C)(C#Cc1ccc(-c2cnc(-c3cccs3)s2)s1)NC(=O)c1ccc(Cl)c(Cl)c1. The van der Waals surface area contributed by atoms with Crippen LogP contribution in [0.1, 0.15) is 29.1 Å². The van der Waals surface area contributed by atoms with Crippen molar-refractivity contribution in [3.8, 4) is 31.5 Å². The first-order valence-corrected chi connectivity index (χ1v) is 12.5. The van der Waals surface area contributed by atoms with Gasteiger partial charge in [-0.05, 0) is 55.6 Å². The molecule has 0 radical (unpaired) electrons. The lowest BCUT2D eigenvalue weighted by atomic mass is 10.1. The van der Waals surface area contributed by atoms with E-state index >= 15 is 0 Å². The number of benzene rings is 1. The van der Waals surface area contributed by atoms with Crippen molar-refractivity contribution >= 4 is 63.1 Å². The number of halogens is 2. The number of aromatic nitrogens is 1. The number of carbonyl (C=O) groups excluding carboxylic acids is 1. The van der Waals surface area contributed by atoms with Gasteiger partial charge in [0.2, 0.25) is 0 Å². The fourth-order valence-corrected chi connectivity index (χ4v) is 5.63. The Bertz CT molecular complexity index is 1290. The van der Waals surface area contributed by atoms with E-state index in [-0.39, 0.29) is 5.91 Å². The van der Waals surface area contributed by atoms with E-state index in [1.165, 1.54) is 4.88 Å². The van der Waals surface area contributed by atoms with E-state index in [1.807, 2.05) is 32.2 Å². The minimum absolute atomic E-state index is 0.254. The molecule has 0 fully saturated rings. The summed E-state index contributed by atoms with van der Waals surface area (Å²) in [6, 6.07) is 12.9. The number of carbonyl (C=O) groups is 1. The molecule has 0 spiro atoms. The monoisotopic (exact) mass is 502 g/mol. The maximum Gasteiger partial charge on any atom is 0.252 e. The van der Waals surface area contributed by atoms with Gasteiger partial charge in [0.05, 0.1) is 30.2 Å². The third-order valence-electron chi connectivity index (χ3n) is 4.19. The Labute approximate surface area is 202 Å². The minimum Gasteiger partial charge on any atom is -0.336 e. The van der Waals surface area contributed by atoms with Crippen molar-refractivity contribution in [2.24, 2.45) is 0 Å². The highest BCUT2D eigenvalue weighted by Gasteiger charge is 2.19. The van der Waals surface area contributed by atoms with Crippen LogP contribution in [0.15, 0.2) is 54.0 Å². The Morgan fingerprint density at radius 2 is 1.87 bits per heavy atom. The molecule has 3 heterocycles. The summed E-state index contributed by atoms with van der Waals surface area (Å²) < 4.78 is 0. The van der Waals surface area contributed by atoms with E-state index in [9.17, 15) is 4.79 Å². The second kappa shape index (κ2) is 9.15. The van der Waals surface area contributed by atoms with Crippen molar-refractivity contribution in [1.29, 1.82) is 0 Å². The third-order valence-corrected chi connectivity index (χ3v) is 8.16. The number of amides is 1. The van der Waals surface area contributed by atoms with Crippen LogP contribution in [0.4, 0.5) is 0 Å². The summed E-state index contributed by atoms with van der Waals surface area (Å²) in [6.07, 6.45) is 1.91. The van der Waals surface area contributed by atoms with Gasteiger partial charge in [-0.15, -0.1) is 34.0 Å². The maximum atomic E-state index is 12.5. The summed E-state index contributed by atoms with van der Waals surface area (Å²) in [4.78, 5) is 21.4. The molecule has 0 bridgehead atoms. The zero-order chi connectivity index (χ0) is 22.0. The highest BCUT2D eigenvalue weighted by atomic mass is 35.5. The molecule has 3 nitrogen and oxygen atoms in total. The molecule has 0 saturated carbocycles. The molecular weight excluding hydrogens is 487 g/mol. The largest absolute Gasteiger partial charge is 0.336 e. The topological polar surface area (TPSA) is 42.0 Å². The zero-order valence-electron chi connectivity index (χ0n) is 16.5. The molecule has 4 rings (SSSR count). The fraction of sp³-hybridized carbons (Fsp3) is 0.130. The molecule has 0 aliphatic heterocycles. The van der Waals surface area contributed by atoms with Gasteiger partial charge in [0.15, 0.2) is 0 Å². The van der Waals surface area contributed by atoms with Crippen molar-refractivity contribution in [3.05, 3.63) is 74.5 Å². The van der Waals surface area contributed by atoms with Crippen LogP contribution in [-0.2, 0) is 0 Å². The molecule has 3 aromatic heterocycles. The Hall–Kier alpha value is -2.14. The zero-order valence-corrected chi connectivity index (χ0v) is 20.5. The molecule has 31 heavy (non-hydrogen) atoms. The molecule has 0 unspecified atom stereocenters. The van der Waals surface area contributed by atoms with Crippen LogP contribution in [0.25, 0.3) is 19.6 Å². The second-order valence-corrected chi connectivity index (χ2v) is 11.0. The molecule has 1 N–H and O–H groups in total. The lowest BCUT2D eigenvalue weighted by molar-refractivity contribution is 0.0930. The van der Waals surface area contributed by atoms with Crippen LogP contribution in [0.5, 0.6) is 0 Å². The molecular formula is C23H16Cl2N2OS3. The van der Waals surface area contributed by atoms with Crippen LogP contribution in [-0.4, -0.2) is 16.4 Å². The summed E-state index contributed by atoms with van der Waals surface area (Å²) in [5, 5.41) is 6.76. The lowest BCUT2D eigenvalue weighted by Crippen LogP contribution is -2.42. The normalized spacial score (nSPS) is 11.1. The van der Waals surface area contributed by atoms with Crippen molar-refractivity contribution < 1.29 is 4.79 Å². The number of hydrogen-bond donors (Lipinski definition) is 1. The highest BCUT2D eigenvalue weighted by molar-refractivity contribution is 7.25. The molecule has 0 saturated heterocycles. The van der Waals surface area contributed by atoms with Gasteiger partial charge >= 0.3 is 0 Å². The van der Waals surface area contributed by atoms with Gasteiger partial charge in [0, 0.05) is 16.6 Å². The Kier molecular flexibility index (Phi) is 6.52. The Balaban J connectivity index is 1.46. The van der Waals surface area contributed by atoms with Gasteiger partial charge in [0.1, 0.15) is 5.01 Å². The summed E-state index contributed by atoms with van der Waals surface area (Å²) >= 11 is 16.9.